The zero-order valence-electron chi connectivity index (χ0n) is 21.1. The number of nitrogens with zero attached hydrogens (tertiary/aromatic N) is 5. The molecular formula is C23H25F6N5O6. The summed E-state index contributed by atoms with van der Waals surface area (Å²) in [5.41, 5.74) is 0.737. The fraction of sp³-hybridized carbons (Fsp3) is 0.478. The van der Waals surface area contributed by atoms with Crippen LogP contribution in [0.15, 0.2) is 36.9 Å². The summed E-state index contributed by atoms with van der Waals surface area (Å²) in [4.78, 5) is 47.8. The van der Waals surface area contributed by atoms with Gasteiger partial charge in [-0.3, -0.25) is 9.78 Å². The van der Waals surface area contributed by atoms with Gasteiger partial charge >= 0.3 is 24.3 Å². The van der Waals surface area contributed by atoms with E-state index < -0.39 is 24.3 Å². The predicted octanol–water partition coefficient (Wildman–Crippen LogP) is 3.02. The molecule has 11 nitrogen and oxygen atoms in total. The molecule has 17 heteroatoms. The van der Waals surface area contributed by atoms with Crippen LogP contribution in [0, 0.1) is 11.3 Å². The van der Waals surface area contributed by atoms with Crippen molar-refractivity contribution < 1.29 is 55.7 Å². The van der Waals surface area contributed by atoms with E-state index in [0.717, 1.165) is 30.9 Å². The maximum absolute atomic E-state index is 13.3. The number of pyridine rings is 1. The minimum atomic E-state index is -5.08. The van der Waals surface area contributed by atoms with E-state index in [1.165, 1.54) is 6.33 Å². The number of carboxylic acid groups (broad SMARTS) is 2. The lowest BCUT2D eigenvalue weighted by molar-refractivity contribution is -0.193. The number of methoxy groups -OCH3 is 1. The highest BCUT2D eigenvalue weighted by molar-refractivity contribution is 5.86. The maximum Gasteiger partial charge on any atom is 0.490 e. The molecular weight excluding hydrogens is 556 g/mol. The number of carboxylic acids is 2. The summed E-state index contributed by atoms with van der Waals surface area (Å²) in [6.45, 7) is 5.09. The Balaban J connectivity index is 0.000000333. The summed E-state index contributed by atoms with van der Waals surface area (Å²) < 4.78 is 68.7. The number of aromatic nitrogens is 3. The zero-order chi connectivity index (χ0) is 30.3. The monoisotopic (exact) mass is 581 g/mol. The molecule has 0 unspecified atom stereocenters. The molecule has 2 N–H and O–H groups in total. The third-order valence-corrected chi connectivity index (χ3v) is 6.19. The second kappa shape index (κ2) is 12.8. The zero-order valence-corrected chi connectivity index (χ0v) is 21.1. The molecule has 0 bridgehead atoms. The van der Waals surface area contributed by atoms with E-state index in [2.05, 4.69) is 26.8 Å². The number of amides is 1. The lowest BCUT2D eigenvalue weighted by Crippen LogP contribution is -2.39. The number of alkyl halides is 6. The van der Waals surface area contributed by atoms with Crippen molar-refractivity contribution >= 4 is 23.7 Å². The number of hydrogen-bond donors (Lipinski definition) is 2. The molecule has 1 spiro atoms. The van der Waals surface area contributed by atoms with Crippen LogP contribution >= 0.6 is 0 Å². The Morgan fingerprint density at radius 2 is 1.73 bits per heavy atom. The van der Waals surface area contributed by atoms with Crippen LogP contribution in [0.5, 0.6) is 5.88 Å². The highest BCUT2D eigenvalue weighted by Gasteiger charge is 2.55. The van der Waals surface area contributed by atoms with Crippen molar-refractivity contribution in [3.05, 3.63) is 42.5 Å². The molecule has 4 rings (SSSR count). The first-order valence-electron chi connectivity index (χ1n) is 11.4. The molecule has 2 aromatic rings. The van der Waals surface area contributed by atoms with E-state index in [1.54, 1.807) is 13.3 Å². The molecule has 220 valence electrons. The fourth-order valence-corrected chi connectivity index (χ4v) is 4.18. The van der Waals surface area contributed by atoms with Crippen molar-refractivity contribution in [3.8, 4) is 5.88 Å². The quantitative estimate of drug-likeness (QED) is 0.517. The summed E-state index contributed by atoms with van der Waals surface area (Å²) in [5.74, 6) is -3.63. The van der Waals surface area contributed by atoms with E-state index in [0.29, 0.717) is 19.0 Å². The Hall–Kier alpha value is -4.18. The van der Waals surface area contributed by atoms with E-state index in [4.69, 9.17) is 24.5 Å². The third-order valence-electron chi connectivity index (χ3n) is 6.19. The van der Waals surface area contributed by atoms with Crippen molar-refractivity contribution in [2.45, 2.75) is 32.2 Å². The molecule has 2 aliphatic rings. The van der Waals surface area contributed by atoms with Crippen LogP contribution in [0.3, 0.4) is 0 Å². The Morgan fingerprint density at radius 1 is 1.12 bits per heavy atom. The van der Waals surface area contributed by atoms with Gasteiger partial charge < -0.3 is 24.7 Å². The summed E-state index contributed by atoms with van der Waals surface area (Å²) in [6, 6.07) is 5.76. The summed E-state index contributed by atoms with van der Waals surface area (Å²) in [5, 5.41) is 14.2. The van der Waals surface area contributed by atoms with Gasteiger partial charge in [-0.15, -0.1) is 0 Å². The van der Waals surface area contributed by atoms with Crippen LogP contribution in [-0.2, 0) is 20.9 Å². The number of carbonyl (C=O) groups excluding carboxylic acids is 1. The highest BCUT2D eigenvalue weighted by Crippen LogP contribution is 2.46. The first kappa shape index (κ1) is 32.0. The molecule has 40 heavy (non-hydrogen) atoms. The molecule has 2 atom stereocenters. The number of likely N-dealkylation sites (tertiary alicyclic amines) is 1. The van der Waals surface area contributed by atoms with Gasteiger partial charge in [0, 0.05) is 44.6 Å². The second-order valence-corrected chi connectivity index (χ2v) is 8.80. The molecule has 0 aliphatic carbocycles. The number of ether oxygens (including phenoxy) is 1. The standard InChI is InChI=1S/C19H23N5O2.2C2HF3O2/c1-14-10-24(16-8-17(26-2)22-13-21-16)12-19(14)5-7-23(18(19)25)11-15-4-3-6-20-9-15;2*3-2(4,5)1(6)7/h3-4,6,8-9,13-14H,5,7,10-12H2,1-2H3;2*(H,6,7)/t14-,19-;;/m1../s1. The van der Waals surface area contributed by atoms with Gasteiger partial charge in [0.25, 0.3) is 0 Å². The van der Waals surface area contributed by atoms with Crippen molar-refractivity contribution in [2.75, 3.05) is 31.6 Å². The number of hydrogen-bond acceptors (Lipinski definition) is 8. The molecule has 2 saturated heterocycles. The Kier molecular flexibility index (Phi) is 10.2. The molecule has 2 aliphatic heterocycles. The van der Waals surface area contributed by atoms with Gasteiger partial charge in [-0.2, -0.15) is 26.3 Å². The molecule has 2 fully saturated rings. The molecule has 1 amide bonds. The van der Waals surface area contributed by atoms with Crippen LogP contribution in [0.2, 0.25) is 0 Å². The van der Waals surface area contributed by atoms with E-state index in [9.17, 15) is 31.1 Å². The van der Waals surface area contributed by atoms with Crippen LogP contribution in [0.1, 0.15) is 18.9 Å². The third kappa shape index (κ3) is 8.16. The number of aliphatic carboxylic acids is 2. The molecule has 2 aromatic heterocycles. The van der Waals surface area contributed by atoms with Gasteiger partial charge in [-0.1, -0.05) is 13.0 Å². The summed E-state index contributed by atoms with van der Waals surface area (Å²) >= 11 is 0. The Bertz CT molecular complexity index is 1160. The Morgan fingerprint density at radius 3 is 2.23 bits per heavy atom. The molecule has 0 aromatic carbocycles. The van der Waals surface area contributed by atoms with Gasteiger partial charge in [-0.05, 0) is 24.0 Å². The van der Waals surface area contributed by atoms with E-state index >= 15 is 0 Å². The topological polar surface area (TPSA) is 146 Å². The van der Waals surface area contributed by atoms with Crippen LogP contribution in [0.4, 0.5) is 32.2 Å². The second-order valence-electron chi connectivity index (χ2n) is 8.80. The van der Waals surface area contributed by atoms with Gasteiger partial charge in [0.15, 0.2) is 0 Å². The molecule has 0 radical (unpaired) electrons. The van der Waals surface area contributed by atoms with Gasteiger partial charge in [0.1, 0.15) is 12.1 Å². The average molecular weight is 581 g/mol. The smallest absolute Gasteiger partial charge is 0.481 e. The van der Waals surface area contributed by atoms with Crippen molar-refractivity contribution in [2.24, 2.45) is 11.3 Å². The maximum atomic E-state index is 13.3. The number of rotatable bonds is 4. The van der Waals surface area contributed by atoms with E-state index in [1.807, 2.05) is 29.3 Å². The minimum Gasteiger partial charge on any atom is -0.481 e. The van der Waals surface area contributed by atoms with Gasteiger partial charge in [-0.25, -0.2) is 19.6 Å². The van der Waals surface area contributed by atoms with Crippen molar-refractivity contribution in [3.63, 3.8) is 0 Å². The first-order chi connectivity index (χ1) is 18.5. The SMILES string of the molecule is COc1cc(N2C[C@@H](C)[C@@]3(CCN(Cc4cccnc4)C3=O)C2)ncn1.O=C(O)C(F)(F)F.O=C(O)C(F)(F)F. The number of halogens is 6. The minimum absolute atomic E-state index is 0.248. The highest BCUT2D eigenvalue weighted by atomic mass is 19.4. The van der Waals surface area contributed by atoms with Crippen LogP contribution in [-0.4, -0.2) is 87.0 Å². The van der Waals surface area contributed by atoms with Gasteiger partial charge in [0.2, 0.25) is 11.8 Å². The normalized spacial score (nSPS) is 20.4. The first-order valence-corrected chi connectivity index (χ1v) is 11.4. The largest absolute Gasteiger partial charge is 0.490 e. The van der Waals surface area contributed by atoms with E-state index in [-0.39, 0.29) is 17.2 Å². The molecule has 4 heterocycles. The lowest BCUT2D eigenvalue weighted by Gasteiger charge is -2.26. The van der Waals surface area contributed by atoms with Crippen molar-refractivity contribution in [1.82, 2.24) is 19.9 Å². The average Bonchev–Trinajstić information content (AvgIpc) is 3.39. The molecule has 0 saturated carbocycles. The van der Waals surface area contributed by atoms with Crippen LogP contribution in [0.25, 0.3) is 0 Å². The van der Waals surface area contributed by atoms with Crippen molar-refractivity contribution in [1.29, 1.82) is 0 Å². The Labute approximate surface area is 223 Å². The fourth-order valence-electron chi connectivity index (χ4n) is 4.18. The number of anilines is 1. The lowest BCUT2D eigenvalue weighted by atomic mass is 9.78. The summed E-state index contributed by atoms with van der Waals surface area (Å²) in [6.07, 6.45) is -4.19. The van der Waals surface area contributed by atoms with Gasteiger partial charge in [0.05, 0.1) is 12.5 Å². The van der Waals surface area contributed by atoms with Crippen LogP contribution < -0.4 is 9.64 Å². The summed E-state index contributed by atoms with van der Waals surface area (Å²) in [7, 11) is 1.59. The predicted molar refractivity (Wildman–Crippen MR) is 124 cm³/mol. The number of carbonyl (C=O) groups is 3.